The van der Waals surface area contributed by atoms with Gasteiger partial charge >= 0.3 is 5.97 Å². The SMILES string of the molecule is CCOC(=O)C1(NCC(C)C)CCC(C)(C)C1. The fraction of sp³-hybridized carbons (Fsp3) is 0.929. The highest BCUT2D eigenvalue weighted by molar-refractivity contribution is 5.81. The van der Waals surface area contributed by atoms with E-state index >= 15 is 0 Å². The zero-order valence-corrected chi connectivity index (χ0v) is 11.9. The number of carbonyl (C=O) groups is 1. The molecule has 1 saturated carbocycles. The van der Waals surface area contributed by atoms with Crippen LogP contribution in [0.3, 0.4) is 0 Å². The molecule has 17 heavy (non-hydrogen) atoms. The summed E-state index contributed by atoms with van der Waals surface area (Å²) < 4.78 is 5.25. The van der Waals surface area contributed by atoms with Gasteiger partial charge in [0.15, 0.2) is 0 Å². The Morgan fingerprint density at radius 3 is 2.41 bits per heavy atom. The molecule has 1 rings (SSSR count). The van der Waals surface area contributed by atoms with Crippen LogP contribution >= 0.6 is 0 Å². The molecule has 1 aliphatic rings. The Kier molecular flexibility index (Phi) is 4.59. The Balaban J connectivity index is 2.75. The first kappa shape index (κ1) is 14.5. The van der Waals surface area contributed by atoms with Crippen molar-refractivity contribution in [2.75, 3.05) is 13.2 Å². The molecule has 0 aromatic rings. The molecule has 0 aromatic heterocycles. The number of hydrogen-bond acceptors (Lipinski definition) is 3. The van der Waals surface area contributed by atoms with E-state index in [1.165, 1.54) is 0 Å². The molecule has 0 aliphatic heterocycles. The number of hydrogen-bond donors (Lipinski definition) is 1. The van der Waals surface area contributed by atoms with Crippen molar-refractivity contribution in [3.05, 3.63) is 0 Å². The van der Waals surface area contributed by atoms with E-state index < -0.39 is 5.54 Å². The summed E-state index contributed by atoms with van der Waals surface area (Å²) in [4.78, 5) is 12.2. The van der Waals surface area contributed by atoms with E-state index in [-0.39, 0.29) is 11.4 Å². The molecule has 0 spiro atoms. The van der Waals surface area contributed by atoms with Gasteiger partial charge in [0, 0.05) is 0 Å². The van der Waals surface area contributed by atoms with Crippen molar-refractivity contribution in [3.8, 4) is 0 Å². The molecule has 0 saturated heterocycles. The van der Waals surface area contributed by atoms with Gasteiger partial charge < -0.3 is 10.1 Å². The van der Waals surface area contributed by atoms with Crippen molar-refractivity contribution in [2.45, 2.75) is 59.4 Å². The van der Waals surface area contributed by atoms with Gasteiger partial charge in [0.25, 0.3) is 0 Å². The van der Waals surface area contributed by atoms with E-state index in [4.69, 9.17) is 4.74 Å². The van der Waals surface area contributed by atoms with Gasteiger partial charge in [0.2, 0.25) is 0 Å². The quantitative estimate of drug-likeness (QED) is 0.752. The van der Waals surface area contributed by atoms with Crippen LogP contribution in [0, 0.1) is 11.3 Å². The van der Waals surface area contributed by atoms with Crippen LogP contribution in [0.4, 0.5) is 0 Å². The minimum atomic E-state index is -0.441. The zero-order valence-electron chi connectivity index (χ0n) is 11.9. The maximum absolute atomic E-state index is 12.2. The van der Waals surface area contributed by atoms with Gasteiger partial charge in [-0.2, -0.15) is 0 Å². The summed E-state index contributed by atoms with van der Waals surface area (Å²) in [5, 5.41) is 3.46. The molecule has 0 heterocycles. The Morgan fingerprint density at radius 1 is 1.35 bits per heavy atom. The van der Waals surface area contributed by atoms with Gasteiger partial charge in [-0.15, -0.1) is 0 Å². The Labute approximate surface area is 105 Å². The van der Waals surface area contributed by atoms with Crippen LogP contribution in [0.5, 0.6) is 0 Å². The molecule has 0 aromatic carbocycles. The maximum atomic E-state index is 12.2. The van der Waals surface area contributed by atoms with Gasteiger partial charge in [-0.25, -0.2) is 0 Å². The fourth-order valence-corrected chi connectivity index (χ4v) is 2.61. The fourth-order valence-electron chi connectivity index (χ4n) is 2.61. The number of carbonyl (C=O) groups excluding carboxylic acids is 1. The predicted octanol–water partition coefficient (Wildman–Crippen LogP) is 2.74. The molecule has 100 valence electrons. The second-order valence-corrected chi connectivity index (χ2v) is 6.42. The number of nitrogens with one attached hydrogen (secondary N) is 1. The van der Waals surface area contributed by atoms with Crippen LogP contribution < -0.4 is 5.32 Å². The molecule has 1 atom stereocenters. The van der Waals surface area contributed by atoms with Gasteiger partial charge in [-0.1, -0.05) is 27.7 Å². The second kappa shape index (κ2) is 5.38. The van der Waals surface area contributed by atoms with Crippen molar-refractivity contribution < 1.29 is 9.53 Å². The molecule has 1 unspecified atom stereocenters. The summed E-state index contributed by atoms with van der Waals surface area (Å²) in [6.45, 7) is 12.0. The van der Waals surface area contributed by atoms with Crippen LogP contribution in [0.1, 0.15) is 53.9 Å². The third kappa shape index (κ3) is 3.70. The first-order chi connectivity index (χ1) is 7.81. The Hall–Kier alpha value is -0.570. The van der Waals surface area contributed by atoms with E-state index in [2.05, 4.69) is 33.0 Å². The number of ether oxygens (including phenoxy) is 1. The molecule has 0 amide bonds. The normalized spacial score (nSPS) is 27.4. The van der Waals surface area contributed by atoms with Crippen LogP contribution in [-0.2, 0) is 9.53 Å². The molecule has 1 aliphatic carbocycles. The van der Waals surface area contributed by atoms with E-state index in [0.29, 0.717) is 12.5 Å². The van der Waals surface area contributed by atoms with Gasteiger partial charge in [0.1, 0.15) is 5.54 Å². The second-order valence-electron chi connectivity index (χ2n) is 6.42. The standard InChI is InChI=1S/C14H27NO2/c1-6-17-12(16)14(15-9-11(2)3)8-7-13(4,5)10-14/h11,15H,6-10H2,1-5H3. The summed E-state index contributed by atoms with van der Waals surface area (Å²) >= 11 is 0. The predicted molar refractivity (Wildman–Crippen MR) is 69.8 cm³/mol. The van der Waals surface area contributed by atoms with E-state index in [1.54, 1.807) is 0 Å². The van der Waals surface area contributed by atoms with Crippen LogP contribution in [-0.4, -0.2) is 24.7 Å². The van der Waals surface area contributed by atoms with Gasteiger partial charge in [-0.3, -0.25) is 4.79 Å². The van der Waals surface area contributed by atoms with Crippen LogP contribution in [0.2, 0.25) is 0 Å². The minimum absolute atomic E-state index is 0.0637. The molecule has 0 radical (unpaired) electrons. The number of esters is 1. The molecule has 0 bridgehead atoms. The maximum Gasteiger partial charge on any atom is 0.326 e. The Morgan fingerprint density at radius 2 is 2.00 bits per heavy atom. The Bertz CT molecular complexity index is 273. The lowest BCUT2D eigenvalue weighted by Gasteiger charge is -2.30. The lowest BCUT2D eigenvalue weighted by atomic mass is 9.87. The zero-order chi connectivity index (χ0) is 13.1. The highest BCUT2D eigenvalue weighted by Gasteiger charge is 2.49. The van der Waals surface area contributed by atoms with E-state index in [0.717, 1.165) is 25.8 Å². The molecule has 3 heteroatoms. The van der Waals surface area contributed by atoms with Gasteiger partial charge in [0.05, 0.1) is 6.61 Å². The summed E-state index contributed by atoms with van der Waals surface area (Å²) in [5.41, 5.74) is -0.208. The third-order valence-electron chi connectivity index (χ3n) is 3.52. The summed E-state index contributed by atoms with van der Waals surface area (Å²) in [6, 6.07) is 0. The van der Waals surface area contributed by atoms with Crippen molar-refractivity contribution in [3.63, 3.8) is 0 Å². The molecular weight excluding hydrogens is 214 g/mol. The average molecular weight is 241 g/mol. The van der Waals surface area contributed by atoms with Crippen molar-refractivity contribution in [2.24, 2.45) is 11.3 Å². The van der Waals surface area contributed by atoms with Crippen molar-refractivity contribution >= 4 is 5.97 Å². The minimum Gasteiger partial charge on any atom is -0.465 e. The largest absolute Gasteiger partial charge is 0.465 e. The molecule has 3 nitrogen and oxygen atoms in total. The lowest BCUT2D eigenvalue weighted by Crippen LogP contribution is -2.52. The van der Waals surface area contributed by atoms with Crippen LogP contribution in [0.25, 0.3) is 0 Å². The first-order valence-electron chi connectivity index (χ1n) is 6.73. The molecular formula is C14H27NO2. The van der Waals surface area contributed by atoms with E-state index in [9.17, 15) is 4.79 Å². The summed E-state index contributed by atoms with van der Waals surface area (Å²) in [6.07, 6.45) is 2.86. The van der Waals surface area contributed by atoms with E-state index in [1.807, 2.05) is 6.92 Å². The highest BCUT2D eigenvalue weighted by Crippen LogP contribution is 2.44. The average Bonchev–Trinajstić information content (AvgIpc) is 2.53. The summed E-state index contributed by atoms with van der Waals surface area (Å²) in [5.74, 6) is 0.483. The van der Waals surface area contributed by atoms with Gasteiger partial charge in [-0.05, 0) is 44.1 Å². The van der Waals surface area contributed by atoms with Crippen molar-refractivity contribution in [1.29, 1.82) is 0 Å². The molecule has 1 fully saturated rings. The van der Waals surface area contributed by atoms with Crippen LogP contribution in [0.15, 0.2) is 0 Å². The lowest BCUT2D eigenvalue weighted by molar-refractivity contribution is -0.151. The smallest absolute Gasteiger partial charge is 0.326 e. The third-order valence-corrected chi connectivity index (χ3v) is 3.52. The summed E-state index contributed by atoms with van der Waals surface area (Å²) in [7, 11) is 0. The molecule has 1 N–H and O–H groups in total. The number of rotatable bonds is 5. The first-order valence-corrected chi connectivity index (χ1v) is 6.73. The van der Waals surface area contributed by atoms with Crippen molar-refractivity contribution in [1.82, 2.24) is 5.32 Å². The highest BCUT2D eigenvalue weighted by atomic mass is 16.5. The monoisotopic (exact) mass is 241 g/mol. The topological polar surface area (TPSA) is 38.3 Å².